The summed E-state index contributed by atoms with van der Waals surface area (Å²) in [4.78, 5) is 18.2. The van der Waals surface area contributed by atoms with Gasteiger partial charge in [-0.25, -0.2) is 14.8 Å². The molecule has 104 valence electrons. The first kappa shape index (κ1) is 13.9. The number of nitrogens with zero attached hydrogens (tertiary/aromatic N) is 2. The number of anilines is 1. The van der Waals surface area contributed by atoms with Crippen molar-refractivity contribution in [3.05, 3.63) is 47.8 Å². The van der Waals surface area contributed by atoms with Gasteiger partial charge in [-0.2, -0.15) is 8.42 Å². The smallest absolute Gasteiger partial charge is 0.337 e. The number of rotatable bonds is 4. The lowest BCUT2D eigenvalue weighted by atomic mass is 10.3. The number of aromatic nitrogens is 2. The van der Waals surface area contributed by atoms with E-state index in [0.29, 0.717) is 5.56 Å². The van der Waals surface area contributed by atoms with Crippen molar-refractivity contribution in [1.29, 1.82) is 0 Å². The van der Waals surface area contributed by atoms with Crippen molar-refractivity contribution in [2.24, 2.45) is 0 Å². The van der Waals surface area contributed by atoms with Crippen LogP contribution < -0.4 is 4.72 Å². The molecule has 0 unspecified atom stereocenters. The number of hydrogen-bond donors (Lipinski definition) is 2. The molecule has 2 aromatic rings. The molecule has 7 nitrogen and oxygen atoms in total. The number of aromatic carboxylic acids is 1. The molecule has 0 amide bonds. The zero-order valence-electron chi connectivity index (χ0n) is 10.4. The first-order valence-corrected chi connectivity index (χ1v) is 7.02. The molecule has 2 N–H and O–H groups in total. The maximum Gasteiger partial charge on any atom is 0.337 e. The molecule has 0 aromatic carbocycles. The second kappa shape index (κ2) is 5.25. The molecule has 8 heteroatoms. The Labute approximate surface area is 115 Å². The summed E-state index contributed by atoms with van der Waals surface area (Å²) in [5.41, 5.74) is 0.580. The summed E-state index contributed by atoms with van der Waals surface area (Å²) in [7, 11) is -3.89. The molecule has 0 aliphatic carbocycles. The number of nitrogens with one attached hydrogen (secondary N) is 1. The molecule has 0 radical (unpaired) electrons. The number of aryl methyl sites for hydroxylation is 1. The lowest BCUT2D eigenvalue weighted by molar-refractivity contribution is 0.0696. The molecule has 2 aromatic heterocycles. The van der Waals surface area contributed by atoms with Crippen LogP contribution in [0.3, 0.4) is 0 Å². The van der Waals surface area contributed by atoms with Gasteiger partial charge in [-0.1, -0.05) is 6.07 Å². The fourth-order valence-corrected chi connectivity index (χ4v) is 2.45. The number of carboxylic acid groups (broad SMARTS) is 1. The average Bonchev–Trinajstić information content (AvgIpc) is 2.41. The highest BCUT2D eigenvalue weighted by Crippen LogP contribution is 2.15. The van der Waals surface area contributed by atoms with Crippen molar-refractivity contribution in [3.63, 3.8) is 0 Å². The van der Waals surface area contributed by atoms with Crippen LogP contribution >= 0.6 is 0 Å². The van der Waals surface area contributed by atoms with Gasteiger partial charge in [0.15, 0.2) is 5.03 Å². The molecule has 0 aliphatic rings. The van der Waals surface area contributed by atoms with E-state index in [0.717, 1.165) is 12.3 Å². The standard InChI is InChI=1S/C12H11N3O4S/c1-8-3-2-6-13-11(8)15-20(18,19)10-5-4-9(7-14-10)12(16)17/h2-7H,1H3,(H,13,15)(H,16,17). The topological polar surface area (TPSA) is 109 Å². The first-order chi connectivity index (χ1) is 9.40. The third kappa shape index (κ3) is 2.91. The zero-order chi connectivity index (χ0) is 14.8. The van der Waals surface area contributed by atoms with Gasteiger partial charge in [0.25, 0.3) is 10.0 Å². The minimum absolute atomic E-state index is 0.0852. The van der Waals surface area contributed by atoms with Gasteiger partial charge >= 0.3 is 5.97 Å². The van der Waals surface area contributed by atoms with Crippen LogP contribution in [0.4, 0.5) is 5.82 Å². The normalized spacial score (nSPS) is 11.1. The molecular weight excluding hydrogens is 282 g/mol. The van der Waals surface area contributed by atoms with E-state index in [1.807, 2.05) is 0 Å². The summed E-state index contributed by atoms with van der Waals surface area (Å²) in [5, 5.41) is 8.46. The highest BCUT2D eigenvalue weighted by Gasteiger charge is 2.18. The average molecular weight is 293 g/mol. The molecular formula is C12H11N3O4S. The van der Waals surface area contributed by atoms with E-state index in [4.69, 9.17) is 5.11 Å². The fraction of sp³-hybridized carbons (Fsp3) is 0.0833. The number of sulfonamides is 1. The molecule has 0 spiro atoms. The van der Waals surface area contributed by atoms with E-state index in [1.54, 1.807) is 19.1 Å². The van der Waals surface area contributed by atoms with Gasteiger partial charge in [-0.15, -0.1) is 0 Å². The molecule has 2 rings (SSSR count). The quantitative estimate of drug-likeness (QED) is 0.879. The van der Waals surface area contributed by atoms with Crippen molar-refractivity contribution in [3.8, 4) is 0 Å². The monoisotopic (exact) mass is 293 g/mol. The van der Waals surface area contributed by atoms with Crippen LogP contribution in [0.25, 0.3) is 0 Å². The van der Waals surface area contributed by atoms with Crippen LogP contribution in [0.5, 0.6) is 0 Å². The van der Waals surface area contributed by atoms with Crippen molar-refractivity contribution in [2.75, 3.05) is 4.72 Å². The van der Waals surface area contributed by atoms with E-state index >= 15 is 0 Å². The fourth-order valence-electron chi connectivity index (χ4n) is 1.44. The van der Waals surface area contributed by atoms with Gasteiger partial charge in [0.2, 0.25) is 0 Å². The number of carbonyl (C=O) groups is 1. The minimum Gasteiger partial charge on any atom is -0.478 e. The van der Waals surface area contributed by atoms with E-state index in [2.05, 4.69) is 14.7 Å². The van der Waals surface area contributed by atoms with Crippen LogP contribution in [-0.2, 0) is 10.0 Å². The Bertz CT molecular complexity index is 742. The summed E-state index contributed by atoms with van der Waals surface area (Å²) < 4.78 is 26.5. The lowest BCUT2D eigenvalue weighted by Crippen LogP contribution is -2.16. The van der Waals surface area contributed by atoms with Crippen molar-refractivity contribution in [2.45, 2.75) is 11.9 Å². The van der Waals surface area contributed by atoms with Crippen LogP contribution in [-0.4, -0.2) is 29.5 Å². The Morgan fingerprint density at radius 1 is 1.25 bits per heavy atom. The zero-order valence-corrected chi connectivity index (χ0v) is 11.3. The van der Waals surface area contributed by atoms with Gasteiger partial charge in [-0.05, 0) is 30.7 Å². The Balaban J connectivity index is 2.31. The predicted molar refractivity (Wildman–Crippen MR) is 71.0 cm³/mol. The molecule has 20 heavy (non-hydrogen) atoms. The van der Waals surface area contributed by atoms with Gasteiger partial charge < -0.3 is 5.11 Å². The van der Waals surface area contributed by atoms with Gasteiger partial charge in [0.1, 0.15) is 5.82 Å². The van der Waals surface area contributed by atoms with E-state index in [9.17, 15) is 13.2 Å². The maximum atomic E-state index is 12.1. The van der Waals surface area contributed by atoms with Crippen molar-refractivity contribution < 1.29 is 18.3 Å². The number of carboxylic acids is 1. The van der Waals surface area contributed by atoms with Crippen molar-refractivity contribution in [1.82, 2.24) is 9.97 Å². The van der Waals surface area contributed by atoms with E-state index in [1.165, 1.54) is 12.3 Å². The Hall–Kier alpha value is -2.48. The number of pyridine rings is 2. The Kier molecular flexibility index (Phi) is 3.66. The Morgan fingerprint density at radius 2 is 2.00 bits per heavy atom. The first-order valence-electron chi connectivity index (χ1n) is 5.54. The summed E-state index contributed by atoms with van der Waals surface area (Å²) in [6.07, 6.45) is 2.45. The van der Waals surface area contributed by atoms with E-state index < -0.39 is 16.0 Å². The largest absolute Gasteiger partial charge is 0.478 e. The SMILES string of the molecule is Cc1cccnc1NS(=O)(=O)c1ccc(C(=O)O)cn1. The minimum atomic E-state index is -3.89. The molecule has 0 bridgehead atoms. The van der Waals surface area contributed by atoms with Crippen LogP contribution in [0.1, 0.15) is 15.9 Å². The maximum absolute atomic E-state index is 12.1. The predicted octanol–water partition coefficient (Wildman–Crippen LogP) is 1.28. The van der Waals surface area contributed by atoms with Crippen LogP contribution in [0, 0.1) is 6.92 Å². The summed E-state index contributed by atoms with van der Waals surface area (Å²) in [6.45, 7) is 1.71. The van der Waals surface area contributed by atoms with Gasteiger partial charge in [-0.3, -0.25) is 4.72 Å². The summed E-state index contributed by atoms with van der Waals surface area (Å²) >= 11 is 0. The van der Waals surface area contributed by atoms with Crippen LogP contribution in [0.2, 0.25) is 0 Å². The molecule has 0 saturated heterocycles. The number of hydrogen-bond acceptors (Lipinski definition) is 5. The third-order valence-electron chi connectivity index (χ3n) is 2.50. The second-order valence-electron chi connectivity index (χ2n) is 3.96. The summed E-state index contributed by atoms with van der Waals surface area (Å²) in [6, 6.07) is 5.71. The van der Waals surface area contributed by atoms with E-state index in [-0.39, 0.29) is 16.4 Å². The van der Waals surface area contributed by atoms with Crippen LogP contribution in [0.15, 0.2) is 41.7 Å². The molecule has 0 atom stereocenters. The highest BCUT2D eigenvalue weighted by molar-refractivity contribution is 7.92. The molecule has 0 fully saturated rings. The van der Waals surface area contributed by atoms with Gasteiger partial charge in [0, 0.05) is 12.4 Å². The Morgan fingerprint density at radius 3 is 2.55 bits per heavy atom. The van der Waals surface area contributed by atoms with Crippen molar-refractivity contribution >= 4 is 21.8 Å². The second-order valence-corrected chi connectivity index (χ2v) is 5.59. The third-order valence-corrected chi connectivity index (χ3v) is 3.75. The molecule has 2 heterocycles. The highest BCUT2D eigenvalue weighted by atomic mass is 32.2. The summed E-state index contributed by atoms with van der Waals surface area (Å²) in [5.74, 6) is -0.966. The lowest BCUT2D eigenvalue weighted by Gasteiger charge is -2.08. The molecule has 0 saturated carbocycles. The molecule has 0 aliphatic heterocycles. The van der Waals surface area contributed by atoms with Gasteiger partial charge in [0.05, 0.1) is 5.56 Å².